The van der Waals surface area contributed by atoms with E-state index in [-0.39, 0.29) is 25.2 Å². The molecule has 1 aromatic carbocycles. The molecular weight excluding hydrogens is 851 g/mol. The van der Waals surface area contributed by atoms with Crippen LogP contribution in [-0.4, -0.2) is 139 Å². The lowest BCUT2D eigenvalue weighted by molar-refractivity contribution is -0.297. The molecule has 0 radical (unpaired) electrons. The minimum Gasteiger partial charge on any atom is -0.458 e. The summed E-state index contributed by atoms with van der Waals surface area (Å²) in [6, 6.07) is 7.85. The molecule has 354 valence electrons. The first-order chi connectivity index (χ1) is 30.0. The number of cyclic esters (lactones) is 1. The first-order valence-electron chi connectivity index (χ1n) is 21.8. The number of amides is 2. The molecule has 4 heterocycles. The minimum absolute atomic E-state index is 0.0127. The predicted octanol–water partition coefficient (Wildman–Crippen LogP) is 4.50. The van der Waals surface area contributed by atoms with Crippen LogP contribution in [0.1, 0.15) is 80.2 Å². The van der Waals surface area contributed by atoms with Crippen molar-refractivity contribution in [2.24, 2.45) is 23.7 Å². The monoisotopic (exact) mass is 915 g/mol. The van der Waals surface area contributed by atoms with E-state index in [1.54, 1.807) is 86.2 Å². The number of ketones is 1. The fourth-order valence-corrected chi connectivity index (χ4v) is 10.1. The highest BCUT2D eigenvalue weighted by molar-refractivity contribution is 7.86. The third-order valence-electron chi connectivity index (χ3n) is 12.7. The van der Waals surface area contributed by atoms with Gasteiger partial charge in [-0.2, -0.15) is 8.42 Å². The highest BCUT2D eigenvalue weighted by atomic mass is 32.2. The van der Waals surface area contributed by atoms with Crippen molar-refractivity contribution < 1.29 is 60.6 Å². The smallest absolute Gasteiger partial charge is 0.408 e. The molecule has 14 atom stereocenters. The average Bonchev–Trinajstić information content (AvgIpc) is 3.55. The molecule has 18 nitrogen and oxygen atoms in total. The number of nitrogens with zero attached hydrogens (tertiary/aromatic N) is 3. The second-order valence-corrected chi connectivity index (χ2v) is 19.6. The maximum atomic E-state index is 14.6. The summed E-state index contributed by atoms with van der Waals surface area (Å²) < 4.78 is 62.9. The Morgan fingerprint density at radius 2 is 1.70 bits per heavy atom. The van der Waals surface area contributed by atoms with Gasteiger partial charge in [-0.1, -0.05) is 64.1 Å². The molecule has 0 unspecified atom stereocenters. The van der Waals surface area contributed by atoms with Crippen molar-refractivity contribution in [1.82, 2.24) is 25.5 Å². The molecule has 19 heteroatoms. The van der Waals surface area contributed by atoms with Gasteiger partial charge in [0.25, 0.3) is 10.1 Å². The normalized spacial score (nSPS) is 35.5. The van der Waals surface area contributed by atoms with Crippen LogP contribution >= 0.6 is 0 Å². The van der Waals surface area contributed by atoms with Crippen molar-refractivity contribution >= 4 is 40.1 Å². The van der Waals surface area contributed by atoms with E-state index < -0.39 is 112 Å². The number of esters is 1. The van der Waals surface area contributed by atoms with Gasteiger partial charge in [-0.15, -0.1) is 0 Å². The number of rotatable bonds is 11. The van der Waals surface area contributed by atoms with Crippen LogP contribution in [0.5, 0.6) is 0 Å². The Morgan fingerprint density at radius 1 is 1.05 bits per heavy atom. The number of likely N-dealkylation sites (N-methyl/N-ethyl adjacent to an activating group) is 1. The van der Waals surface area contributed by atoms with Crippen LogP contribution in [0.4, 0.5) is 9.59 Å². The Kier molecular flexibility index (Phi) is 16.4. The van der Waals surface area contributed by atoms with Crippen LogP contribution in [0.3, 0.4) is 0 Å². The molecule has 3 N–H and O–H groups in total. The summed E-state index contributed by atoms with van der Waals surface area (Å²) in [6.07, 6.45) is -0.629. The van der Waals surface area contributed by atoms with E-state index in [0.29, 0.717) is 12.2 Å². The number of hydrogen-bond acceptors (Lipinski definition) is 16. The van der Waals surface area contributed by atoms with Gasteiger partial charge in [0.15, 0.2) is 17.7 Å². The highest BCUT2D eigenvalue weighted by Crippen LogP contribution is 2.42. The van der Waals surface area contributed by atoms with Crippen molar-refractivity contribution in [3.63, 3.8) is 0 Å². The largest absolute Gasteiger partial charge is 0.458 e. The number of fused-ring (bicyclic) bond motifs is 1. The summed E-state index contributed by atoms with van der Waals surface area (Å²) >= 11 is 0. The van der Waals surface area contributed by atoms with E-state index in [1.165, 1.54) is 6.92 Å². The van der Waals surface area contributed by atoms with E-state index in [4.69, 9.17) is 27.9 Å². The van der Waals surface area contributed by atoms with Gasteiger partial charge < -0.3 is 44.3 Å². The molecule has 0 spiro atoms. The average molecular weight is 916 g/mol. The summed E-state index contributed by atoms with van der Waals surface area (Å²) in [4.78, 5) is 66.1. The van der Waals surface area contributed by atoms with E-state index in [2.05, 4.69) is 20.6 Å². The van der Waals surface area contributed by atoms with Crippen LogP contribution in [-0.2, 0) is 47.6 Å². The Hall–Kier alpha value is -4.53. The fraction of sp³-hybridized carbons (Fsp3) is 0.644. The first-order valence-corrected chi connectivity index (χ1v) is 23.6. The molecule has 2 aromatic rings. The van der Waals surface area contributed by atoms with E-state index in [9.17, 15) is 32.7 Å². The van der Waals surface area contributed by atoms with Gasteiger partial charge in [-0.25, -0.2) is 19.6 Å². The van der Waals surface area contributed by atoms with Crippen LogP contribution in [0.2, 0.25) is 0 Å². The van der Waals surface area contributed by atoms with Gasteiger partial charge in [-0.05, 0) is 72.7 Å². The molecule has 3 fully saturated rings. The van der Waals surface area contributed by atoms with Crippen LogP contribution in [0, 0.1) is 23.7 Å². The lowest BCUT2D eigenvalue weighted by Crippen LogP contribution is -2.61. The maximum Gasteiger partial charge on any atom is 0.408 e. The first kappa shape index (κ1) is 50.5. The number of alkyl carbamates (subject to hydrolysis) is 2. The van der Waals surface area contributed by atoms with Crippen molar-refractivity contribution in [2.75, 3.05) is 26.9 Å². The molecule has 64 heavy (non-hydrogen) atoms. The van der Waals surface area contributed by atoms with Crippen LogP contribution < -0.4 is 10.6 Å². The quantitative estimate of drug-likeness (QED) is 0.160. The van der Waals surface area contributed by atoms with Gasteiger partial charge in [0, 0.05) is 48.3 Å². The topological polar surface area (TPSA) is 231 Å². The number of hydrogen-bond donors (Lipinski definition) is 3. The number of nitrogens with one attached hydrogen (secondary N) is 2. The molecule has 0 saturated carbocycles. The van der Waals surface area contributed by atoms with Crippen molar-refractivity contribution in [2.45, 2.75) is 135 Å². The Labute approximate surface area is 376 Å². The van der Waals surface area contributed by atoms with E-state index in [0.717, 1.165) is 17.4 Å². The summed E-state index contributed by atoms with van der Waals surface area (Å²) in [5.41, 5.74) is -1.67. The number of carbonyl (C=O) groups is 4. The molecule has 1 aromatic heterocycles. The third-order valence-corrected chi connectivity index (χ3v) is 13.2. The van der Waals surface area contributed by atoms with E-state index in [1.807, 2.05) is 36.1 Å². The zero-order valence-electron chi connectivity index (χ0n) is 38.5. The molecule has 5 rings (SSSR count). The van der Waals surface area contributed by atoms with Crippen LogP contribution in [0.15, 0.2) is 48.8 Å². The lowest BCUT2D eigenvalue weighted by Gasteiger charge is -2.48. The van der Waals surface area contributed by atoms with Crippen molar-refractivity contribution in [3.8, 4) is 11.4 Å². The number of ether oxygens (including phenoxy) is 5. The Bertz CT molecular complexity index is 2090. The summed E-state index contributed by atoms with van der Waals surface area (Å²) in [7, 11) is -0.693. The SMILES string of the molecule is CC[C@H]1OC(=O)[C@H](C)[C@@H](OS(C)(=O)=O)[C@H](C)[C@@H](O[C@@H]2O[C@H](C)C[C@H](N(C)C)[C@H]2O)[C@](C)(OC(=O)NCC=Cc2ccc(-c3ncccn3)cc2)C[C@@H](C)C(=O)[C@H](C)[C@H]2NC(=O)O[C@@]21C. The number of aliphatic hydroxyl groups is 1. The molecule has 3 aliphatic rings. The predicted molar refractivity (Wildman–Crippen MR) is 235 cm³/mol. The number of carbonyl (C=O) groups excluding carboxylic acids is 4. The van der Waals surface area contributed by atoms with Gasteiger partial charge >= 0.3 is 18.2 Å². The fourth-order valence-electron chi connectivity index (χ4n) is 9.38. The molecule has 0 aliphatic carbocycles. The maximum absolute atomic E-state index is 14.6. The number of Topliss-reactive ketones (excluding diaryl/α,β-unsaturated/α-hetero) is 1. The Balaban J connectivity index is 1.55. The molecular formula is C45H65N5O13S. The highest BCUT2D eigenvalue weighted by Gasteiger charge is 2.58. The third kappa shape index (κ3) is 11.8. The number of aliphatic hydroxyl groups excluding tert-OH is 1. The second kappa shape index (κ2) is 20.8. The number of benzene rings is 1. The van der Waals surface area contributed by atoms with Gasteiger partial charge in [0.05, 0.1) is 30.4 Å². The minimum atomic E-state index is -4.30. The molecule has 0 bridgehead atoms. The molecule has 3 saturated heterocycles. The Morgan fingerprint density at radius 3 is 2.31 bits per heavy atom. The summed E-state index contributed by atoms with van der Waals surface area (Å²) in [5.74, 6) is -4.92. The van der Waals surface area contributed by atoms with Gasteiger partial charge in [-0.3, -0.25) is 13.8 Å². The van der Waals surface area contributed by atoms with Gasteiger partial charge in [0.2, 0.25) is 0 Å². The lowest BCUT2D eigenvalue weighted by atomic mass is 9.73. The van der Waals surface area contributed by atoms with Crippen molar-refractivity contribution in [1.29, 1.82) is 0 Å². The number of aromatic nitrogens is 2. The van der Waals surface area contributed by atoms with Crippen LogP contribution in [0.25, 0.3) is 17.5 Å². The van der Waals surface area contributed by atoms with Gasteiger partial charge in [0.1, 0.15) is 29.7 Å². The van der Waals surface area contributed by atoms with E-state index >= 15 is 0 Å². The molecule has 3 aliphatic heterocycles. The zero-order chi connectivity index (χ0) is 47.3. The summed E-state index contributed by atoms with van der Waals surface area (Å²) in [5, 5.41) is 17.2. The van der Waals surface area contributed by atoms with Crippen molar-refractivity contribution in [3.05, 3.63) is 54.4 Å². The molecule has 2 amide bonds. The standard InChI is InChI=1S/C45H65N5O13S/c1-12-33-45(8)37(49-43(55)62-45)27(4)34(51)25(2)24-44(7,61-42(54)48-20-13-15-30-16-18-31(19-17-30)39-46-21-14-22-47-39)38(60-41-35(52)32(50(9)10)23-26(3)58-41)28(5)36(63-64(11,56)57)29(6)40(53)59-33/h13-19,21-22,25-29,32-33,35-38,41,52H,12,20,23-24H2,1-11H3,(H,48,54)(H,49,55)/t25-,26-,27+,28+,29-,32+,33-,35-,36+,37-,38-,41+,44-,45-/m1/s1. The second-order valence-electron chi connectivity index (χ2n) is 18.0. The zero-order valence-corrected chi connectivity index (χ0v) is 39.4. The summed E-state index contributed by atoms with van der Waals surface area (Å²) in [6.45, 7) is 13.0.